The van der Waals surface area contributed by atoms with Crippen molar-refractivity contribution >= 4 is 5.69 Å². The molecule has 0 saturated heterocycles. The molecule has 0 atom stereocenters. The second kappa shape index (κ2) is 5.05. The van der Waals surface area contributed by atoms with Crippen LogP contribution >= 0.6 is 0 Å². The number of nitrogens with zero attached hydrogens (tertiary/aromatic N) is 1. The molecule has 0 amide bonds. The average molecular weight is 126 g/mol. The molecule has 0 radical (unpaired) electrons. The summed E-state index contributed by atoms with van der Waals surface area (Å²) in [6, 6.07) is 3.60. The molecule has 0 aliphatic carbocycles. The minimum Gasteiger partial charge on any atom is -0.400 e. The Balaban J connectivity index is 0.000000291. The maximum atomic E-state index is 7.00. The lowest BCUT2D eigenvalue weighted by atomic mass is 10.4. The number of aromatic nitrogens is 1. The molecule has 1 heterocycles. The second-order valence-electron chi connectivity index (χ2n) is 1.29. The van der Waals surface area contributed by atoms with Crippen molar-refractivity contribution in [3.8, 4) is 0 Å². The van der Waals surface area contributed by atoms with Gasteiger partial charge in [-0.05, 0) is 12.1 Å². The van der Waals surface area contributed by atoms with E-state index in [2.05, 4.69) is 4.98 Å². The minimum absolute atomic E-state index is 0.711. The van der Waals surface area contributed by atoms with E-state index in [1.54, 1.807) is 24.5 Å². The number of aliphatic hydroxyl groups excluding tert-OH is 1. The Morgan fingerprint density at radius 1 is 1.56 bits per heavy atom. The first-order valence-corrected chi connectivity index (χ1v) is 2.50. The molecule has 1 aromatic heterocycles. The molecule has 0 aromatic carbocycles. The van der Waals surface area contributed by atoms with Gasteiger partial charge in [-0.15, -0.1) is 0 Å². The van der Waals surface area contributed by atoms with Gasteiger partial charge in [-0.1, -0.05) is 0 Å². The summed E-state index contributed by atoms with van der Waals surface area (Å²) in [5.41, 5.74) is 6.01. The highest BCUT2D eigenvalue weighted by Gasteiger charge is 1.73. The Morgan fingerprint density at radius 2 is 2.22 bits per heavy atom. The summed E-state index contributed by atoms with van der Waals surface area (Å²) in [5, 5.41) is 7.00. The summed E-state index contributed by atoms with van der Waals surface area (Å²) in [6.07, 6.45) is 3.30. The zero-order chi connectivity index (χ0) is 7.11. The molecular weight excluding hydrogens is 116 g/mol. The Hall–Kier alpha value is -1.09. The van der Waals surface area contributed by atoms with Gasteiger partial charge in [-0.3, -0.25) is 4.98 Å². The zero-order valence-corrected chi connectivity index (χ0v) is 5.28. The number of hydrogen-bond acceptors (Lipinski definition) is 3. The molecule has 9 heavy (non-hydrogen) atoms. The van der Waals surface area contributed by atoms with E-state index in [9.17, 15) is 0 Å². The summed E-state index contributed by atoms with van der Waals surface area (Å²) in [4.78, 5) is 3.76. The third-order valence-electron chi connectivity index (χ3n) is 0.684. The molecule has 1 aromatic rings. The maximum Gasteiger partial charge on any atom is 0.0500 e. The predicted molar refractivity (Wildman–Crippen MR) is 36.8 cm³/mol. The quantitative estimate of drug-likeness (QED) is 0.524. The van der Waals surface area contributed by atoms with Crippen LogP contribution in [0.3, 0.4) is 0 Å². The van der Waals surface area contributed by atoms with Crippen molar-refractivity contribution in [3.63, 3.8) is 0 Å². The van der Waals surface area contributed by atoms with Gasteiger partial charge >= 0.3 is 0 Å². The molecule has 1 rings (SSSR count). The molecular formula is C6H10N2O. The van der Waals surface area contributed by atoms with Gasteiger partial charge in [-0.25, -0.2) is 0 Å². The Bertz CT molecular complexity index is 141. The van der Waals surface area contributed by atoms with Crippen LogP contribution in [0.25, 0.3) is 0 Å². The number of rotatable bonds is 0. The van der Waals surface area contributed by atoms with Crippen LogP contribution in [0, 0.1) is 0 Å². The smallest absolute Gasteiger partial charge is 0.0500 e. The molecule has 0 fully saturated rings. The molecule has 0 spiro atoms. The van der Waals surface area contributed by atoms with Crippen molar-refractivity contribution in [2.45, 2.75) is 0 Å². The van der Waals surface area contributed by atoms with Crippen LogP contribution in [0.15, 0.2) is 24.5 Å². The van der Waals surface area contributed by atoms with Gasteiger partial charge in [0, 0.05) is 19.5 Å². The van der Waals surface area contributed by atoms with Gasteiger partial charge in [0.1, 0.15) is 0 Å². The van der Waals surface area contributed by atoms with E-state index in [-0.39, 0.29) is 0 Å². The lowest BCUT2D eigenvalue weighted by Crippen LogP contribution is -1.82. The summed E-state index contributed by atoms with van der Waals surface area (Å²) in [6.45, 7) is 0. The average Bonchev–Trinajstić information content (AvgIpc) is 1.94. The number of pyridine rings is 1. The van der Waals surface area contributed by atoms with Crippen LogP contribution in [0.1, 0.15) is 0 Å². The molecule has 3 nitrogen and oxygen atoms in total. The van der Waals surface area contributed by atoms with Crippen LogP contribution in [0.4, 0.5) is 5.69 Å². The van der Waals surface area contributed by atoms with Crippen molar-refractivity contribution in [1.29, 1.82) is 0 Å². The first-order valence-electron chi connectivity index (χ1n) is 2.50. The third-order valence-corrected chi connectivity index (χ3v) is 0.684. The number of nitrogens with two attached hydrogens (primary N) is 1. The number of nitrogen functional groups attached to an aromatic ring is 1. The SMILES string of the molecule is CO.Nc1cccnc1. The third kappa shape index (κ3) is 3.49. The first kappa shape index (κ1) is 7.91. The normalized spacial score (nSPS) is 7.33. The van der Waals surface area contributed by atoms with E-state index >= 15 is 0 Å². The van der Waals surface area contributed by atoms with E-state index in [4.69, 9.17) is 10.8 Å². The largest absolute Gasteiger partial charge is 0.400 e. The molecule has 0 saturated carbocycles. The highest BCUT2D eigenvalue weighted by Crippen LogP contribution is 1.92. The fraction of sp³-hybridized carbons (Fsp3) is 0.167. The Kier molecular flexibility index (Phi) is 4.44. The van der Waals surface area contributed by atoms with Crippen LogP contribution in [0.5, 0.6) is 0 Å². The molecule has 0 aliphatic heterocycles. The monoisotopic (exact) mass is 126 g/mol. The fourth-order valence-corrected chi connectivity index (χ4v) is 0.376. The van der Waals surface area contributed by atoms with Crippen LogP contribution in [0.2, 0.25) is 0 Å². The Morgan fingerprint density at radius 3 is 2.44 bits per heavy atom. The minimum atomic E-state index is 0.711. The van der Waals surface area contributed by atoms with Crippen molar-refractivity contribution in [2.24, 2.45) is 0 Å². The van der Waals surface area contributed by atoms with E-state index in [0.717, 1.165) is 7.11 Å². The maximum absolute atomic E-state index is 7.00. The van der Waals surface area contributed by atoms with Crippen molar-refractivity contribution in [3.05, 3.63) is 24.5 Å². The predicted octanol–water partition coefficient (Wildman–Crippen LogP) is 0.272. The summed E-state index contributed by atoms with van der Waals surface area (Å²) >= 11 is 0. The van der Waals surface area contributed by atoms with E-state index in [1.807, 2.05) is 0 Å². The topological polar surface area (TPSA) is 59.1 Å². The van der Waals surface area contributed by atoms with Crippen molar-refractivity contribution in [2.75, 3.05) is 12.8 Å². The van der Waals surface area contributed by atoms with Gasteiger partial charge < -0.3 is 10.8 Å². The van der Waals surface area contributed by atoms with Crippen molar-refractivity contribution in [1.82, 2.24) is 4.98 Å². The zero-order valence-electron chi connectivity index (χ0n) is 5.28. The molecule has 0 unspecified atom stereocenters. The summed E-state index contributed by atoms with van der Waals surface area (Å²) in [7, 11) is 1.00. The lowest BCUT2D eigenvalue weighted by molar-refractivity contribution is 0.399. The molecule has 3 N–H and O–H groups in total. The standard InChI is InChI=1S/C5H6N2.CH4O/c6-5-2-1-3-7-4-5;1-2/h1-4H,6H2;2H,1H3. The Labute approximate surface area is 54.2 Å². The van der Waals surface area contributed by atoms with Crippen LogP contribution < -0.4 is 5.73 Å². The summed E-state index contributed by atoms with van der Waals surface area (Å²) in [5.74, 6) is 0. The van der Waals surface area contributed by atoms with Crippen molar-refractivity contribution < 1.29 is 5.11 Å². The first-order chi connectivity index (χ1) is 4.39. The van der Waals surface area contributed by atoms with Crippen LogP contribution in [-0.4, -0.2) is 17.2 Å². The fourth-order valence-electron chi connectivity index (χ4n) is 0.376. The van der Waals surface area contributed by atoms with E-state index in [1.165, 1.54) is 0 Å². The van der Waals surface area contributed by atoms with E-state index < -0.39 is 0 Å². The lowest BCUT2D eigenvalue weighted by Gasteiger charge is -1.83. The van der Waals surface area contributed by atoms with E-state index in [0.29, 0.717) is 5.69 Å². The molecule has 50 valence electrons. The molecule has 0 aliphatic rings. The molecule has 3 heteroatoms. The highest BCUT2D eigenvalue weighted by molar-refractivity contribution is 5.32. The summed E-state index contributed by atoms with van der Waals surface area (Å²) < 4.78 is 0. The van der Waals surface area contributed by atoms with Gasteiger partial charge in [0.2, 0.25) is 0 Å². The number of aliphatic hydroxyl groups is 1. The van der Waals surface area contributed by atoms with Gasteiger partial charge in [0.25, 0.3) is 0 Å². The second-order valence-corrected chi connectivity index (χ2v) is 1.29. The molecule has 0 bridgehead atoms. The number of hydrogen-bond donors (Lipinski definition) is 2. The highest BCUT2D eigenvalue weighted by atomic mass is 16.2. The van der Waals surface area contributed by atoms with Crippen LogP contribution in [-0.2, 0) is 0 Å². The van der Waals surface area contributed by atoms with Gasteiger partial charge in [0.15, 0.2) is 0 Å². The van der Waals surface area contributed by atoms with Gasteiger partial charge in [0.05, 0.1) is 5.69 Å². The van der Waals surface area contributed by atoms with Gasteiger partial charge in [-0.2, -0.15) is 0 Å². The number of anilines is 1.